The van der Waals surface area contributed by atoms with Crippen LogP contribution in [0.4, 0.5) is 0 Å². The molecular formula is C12H14ClNOS2. The van der Waals surface area contributed by atoms with Crippen LogP contribution < -0.4 is 5.32 Å². The van der Waals surface area contributed by atoms with Gasteiger partial charge < -0.3 is 5.32 Å². The van der Waals surface area contributed by atoms with Crippen molar-refractivity contribution in [3.05, 3.63) is 28.8 Å². The van der Waals surface area contributed by atoms with Crippen molar-refractivity contribution in [2.24, 2.45) is 0 Å². The molecule has 1 heterocycles. The second kappa shape index (κ2) is 6.03. The first-order valence-electron chi connectivity index (χ1n) is 5.55. The molecule has 1 aromatic rings. The van der Waals surface area contributed by atoms with Crippen LogP contribution in [0.25, 0.3) is 0 Å². The number of benzene rings is 1. The molecule has 0 aromatic heterocycles. The molecule has 1 fully saturated rings. The third kappa shape index (κ3) is 3.57. The minimum atomic E-state index is -0.113. The van der Waals surface area contributed by atoms with Crippen molar-refractivity contribution >= 4 is 41.9 Å². The number of amides is 1. The molecule has 2 nitrogen and oxygen atoms in total. The molecule has 5 heteroatoms. The van der Waals surface area contributed by atoms with Crippen LogP contribution in [0.1, 0.15) is 23.2 Å². The van der Waals surface area contributed by atoms with E-state index in [9.17, 15) is 4.79 Å². The van der Waals surface area contributed by atoms with Crippen molar-refractivity contribution in [3.63, 3.8) is 0 Å². The Balaban J connectivity index is 1.96. The SMILES string of the molecule is O=C(NCC1CCCS1)c1cc(S)ccc1Cl. The van der Waals surface area contributed by atoms with Gasteiger partial charge in [0.05, 0.1) is 10.6 Å². The normalized spacial score (nSPS) is 19.3. The summed E-state index contributed by atoms with van der Waals surface area (Å²) in [6.45, 7) is 0.719. The Labute approximate surface area is 116 Å². The number of carbonyl (C=O) groups is 1. The largest absolute Gasteiger partial charge is 0.351 e. The van der Waals surface area contributed by atoms with Crippen LogP contribution in [-0.2, 0) is 0 Å². The zero-order valence-corrected chi connectivity index (χ0v) is 11.7. The van der Waals surface area contributed by atoms with Gasteiger partial charge in [-0.1, -0.05) is 11.6 Å². The van der Waals surface area contributed by atoms with Gasteiger partial charge in [0.1, 0.15) is 0 Å². The van der Waals surface area contributed by atoms with E-state index in [0.717, 1.165) is 11.4 Å². The third-order valence-electron chi connectivity index (χ3n) is 2.71. The zero-order chi connectivity index (χ0) is 12.3. The highest BCUT2D eigenvalue weighted by atomic mass is 35.5. The molecule has 0 radical (unpaired) electrons. The Hall–Kier alpha value is -0.320. The van der Waals surface area contributed by atoms with Crippen LogP contribution in [0.3, 0.4) is 0 Å². The molecule has 1 aliphatic rings. The molecule has 17 heavy (non-hydrogen) atoms. The van der Waals surface area contributed by atoms with E-state index in [-0.39, 0.29) is 5.91 Å². The fourth-order valence-corrected chi connectivity index (χ4v) is 3.40. The minimum Gasteiger partial charge on any atom is -0.351 e. The second-order valence-electron chi connectivity index (χ2n) is 4.01. The summed E-state index contributed by atoms with van der Waals surface area (Å²) in [5.41, 5.74) is 0.502. The van der Waals surface area contributed by atoms with Gasteiger partial charge in [0.2, 0.25) is 0 Å². The Morgan fingerprint density at radius 3 is 3.12 bits per heavy atom. The van der Waals surface area contributed by atoms with Crippen LogP contribution in [0.2, 0.25) is 5.02 Å². The quantitative estimate of drug-likeness (QED) is 0.836. The zero-order valence-electron chi connectivity index (χ0n) is 9.28. The summed E-state index contributed by atoms with van der Waals surface area (Å²) in [4.78, 5) is 12.7. The van der Waals surface area contributed by atoms with Gasteiger partial charge in [-0.15, -0.1) is 12.6 Å². The summed E-state index contributed by atoms with van der Waals surface area (Å²) in [6, 6.07) is 5.17. The number of thiol groups is 1. The lowest BCUT2D eigenvalue weighted by atomic mass is 10.2. The van der Waals surface area contributed by atoms with E-state index in [2.05, 4.69) is 17.9 Å². The number of hydrogen-bond donors (Lipinski definition) is 2. The van der Waals surface area contributed by atoms with E-state index >= 15 is 0 Å². The molecule has 0 aliphatic carbocycles. The maximum absolute atomic E-state index is 11.9. The van der Waals surface area contributed by atoms with E-state index in [1.54, 1.807) is 18.2 Å². The van der Waals surface area contributed by atoms with Crippen molar-refractivity contribution in [1.82, 2.24) is 5.32 Å². The molecule has 1 aliphatic heterocycles. The summed E-state index contributed by atoms with van der Waals surface area (Å²) in [5, 5.41) is 3.96. The second-order valence-corrected chi connectivity index (χ2v) is 6.34. The summed E-state index contributed by atoms with van der Waals surface area (Å²) in [6.07, 6.45) is 2.43. The lowest BCUT2D eigenvalue weighted by Gasteiger charge is -2.11. The van der Waals surface area contributed by atoms with Crippen molar-refractivity contribution < 1.29 is 4.79 Å². The standard InChI is InChI=1S/C12H14ClNOS2/c13-11-4-3-8(16)6-10(11)12(15)14-7-9-2-1-5-17-9/h3-4,6,9,16H,1-2,5,7H2,(H,14,15). The van der Waals surface area contributed by atoms with Crippen molar-refractivity contribution in [3.8, 4) is 0 Å². The monoisotopic (exact) mass is 287 g/mol. The number of hydrogen-bond acceptors (Lipinski definition) is 3. The van der Waals surface area contributed by atoms with Gasteiger partial charge in [-0.3, -0.25) is 4.79 Å². The Kier molecular flexibility index (Phi) is 4.65. The number of carbonyl (C=O) groups excluding carboxylic acids is 1. The average molecular weight is 288 g/mol. The molecule has 2 rings (SSSR count). The van der Waals surface area contributed by atoms with E-state index in [0.29, 0.717) is 15.8 Å². The Bertz CT molecular complexity index is 419. The molecule has 1 amide bonds. The van der Waals surface area contributed by atoms with Gasteiger partial charge in [0, 0.05) is 16.7 Å². The van der Waals surface area contributed by atoms with Crippen LogP contribution in [0, 0.1) is 0 Å². The maximum atomic E-state index is 11.9. The van der Waals surface area contributed by atoms with Crippen molar-refractivity contribution in [2.45, 2.75) is 23.0 Å². The van der Waals surface area contributed by atoms with Crippen LogP contribution in [-0.4, -0.2) is 23.5 Å². The molecule has 0 saturated carbocycles. The van der Waals surface area contributed by atoms with Crippen molar-refractivity contribution in [2.75, 3.05) is 12.3 Å². The van der Waals surface area contributed by atoms with E-state index in [1.807, 2.05) is 11.8 Å². The molecule has 1 aromatic carbocycles. The molecule has 0 spiro atoms. The van der Waals surface area contributed by atoms with Gasteiger partial charge in [0.25, 0.3) is 5.91 Å². The molecule has 92 valence electrons. The molecule has 1 saturated heterocycles. The van der Waals surface area contributed by atoms with Gasteiger partial charge in [0.15, 0.2) is 0 Å². The van der Waals surface area contributed by atoms with E-state index in [1.165, 1.54) is 18.6 Å². The van der Waals surface area contributed by atoms with E-state index < -0.39 is 0 Å². The lowest BCUT2D eigenvalue weighted by Crippen LogP contribution is -2.29. The lowest BCUT2D eigenvalue weighted by molar-refractivity contribution is 0.0953. The Morgan fingerprint density at radius 2 is 2.41 bits per heavy atom. The number of halogens is 1. The summed E-state index contributed by atoms with van der Waals surface area (Å²) in [7, 11) is 0. The first-order chi connectivity index (χ1) is 8.16. The molecule has 0 bridgehead atoms. The molecule has 1 N–H and O–H groups in total. The fraction of sp³-hybridized carbons (Fsp3) is 0.417. The van der Waals surface area contributed by atoms with Crippen LogP contribution >= 0.6 is 36.0 Å². The number of rotatable bonds is 3. The first kappa shape index (κ1) is 13.1. The molecular weight excluding hydrogens is 274 g/mol. The third-order valence-corrected chi connectivity index (χ3v) is 4.71. The average Bonchev–Trinajstić information content (AvgIpc) is 2.82. The maximum Gasteiger partial charge on any atom is 0.252 e. The van der Waals surface area contributed by atoms with Gasteiger partial charge >= 0.3 is 0 Å². The van der Waals surface area contributed by atoms with Crippen LogP contribution in [0.5, 0.6) is 0 Å². The predicted molar refractivity (Wildman–Crippen MR) is 76.5 cm³/mol. The fourth-order valence-electron chi connectivity index (χ4n) is 1.79. The molecule has 1 unspecified atom stereocenters. The summed E-state index contributed by atoms with van der Waals surface area (Å²) < 4.78 is 0. The van der Waals surface area contributed by atoms with Gasteiger partial charge in [-0.25, -0.2) is 0 Å². The van der Waals surface area contributed by atoms with Gasteiger partial charge in [-0.2, -0.15) is 11.8 Å². The van der Waals surface area contributed by atoms with E-state index in [4.69, 9.17) is 11.6 Å². The number of nitrogens with one attached hydrogen (secondary N) is 1. The highest BCUT2D eigenvalue weighted by Crippen LogP contribution is 2.25. The first-order valence-corrected chi connectivity index (χ1v) is 7.42. The van der Waals surface area contributed by atoms with Crippen LogP contribution in [0.15, 0.2) is 23.1 Å². The summed E-state index contributed by atoms with van der Waals surface area (Å²) >= 11 is 12.1. The highest BCUT2D eigenvalue weighted by Gasteiger charge is 2.17. The van der Waals surface area contributed by atoms with Gasteiger partial charge in [-0.05, 0) is 36.8 Å². The van der Waals surface area contributed by atoms with Crippen molar-refractivity contribution in [1.29, 1.82) is 0 Å². The Morgan fingerprint density at radius 1 is 1.59 bits per heavy atom. The topological polar surface area (TPSA) is 29.1 Å². The summed E-state index contributed by atoms with van der Waals surface area (Å²) in [5.74, 6) is 1.09. The smallest absolute Gasteiger partial charge is 0.252 e. The predicted octanol–water partition coefficient (Wildman–Crippen LogP) is 3.25. The molecule has 1 atom stereocenters. The highest BCUT2D eigenvalue weighted by molar-refractivity contribution is 8.00. The minimum absolute atomic E-state index is 0.113. The number of thioether (sulfide) groups is 1.